The molecule has 0 spiro atoms. The van der Waals surface area contributed by atoms with Crippen LogP contribution in [0, 0.1) is 38.0 Å². The maximum atomic E-state index is 15.2. The number of hydrogen-bond acceptors (Lipinski definition) is 13. The van der Waals surface area contributed by atoms with E-state index in [1.807, 2.05) is 42.5 Å². The lowest BCUT2D eigenvalue weighted by Crippen LogP contribution is -2.70. The van der Waals surface area contributed by atoms with Crippen molar-refractivity contribution in [1.82, 2.24) is 4.90 Å². The van der Waals surface area contributed by atoms with Crippen LogP contribution in [0.15, 0.2) is 139 Å². The van der Waals surface area contributed by atoms with Gasteiger partial charge in [-0.3, -0.25) is 25.1 Å². The minimum Gasteiger partial charge on any atom is -0.508 e. The Morgan fingerprint density at radius 2 is 1.57 bits per heavy atom. The molecule has 5 aromatic rings. The van der Waals surface area contributed by atoms with Crippen molar-refractivity contribution in [3.05, 3.63) is 170 Å². The van der Waals surface area contributed by atoms with Crippen molar-refractivity contribution in [3.8, 4) is 17.2 Å². The Morgan fingerprint density at radius 3 is 2.28 bits per heavy atom. The number of aliphatic hydroxyl groups is 2. The Kier molecular flexibility index (Phi) is 14.8. The van der Waals surface area contributed by atoms with Gasteiger partial charge in [0.15, 0.2) is 0 Å². The van der Waals surface area contributed by atoms with Crippen LogP contribution >= 0.6 is 0 Å². The third kappa shape index (κ3) is 9.93. The molecule has 3 aliphatic rings. The number of phenolic OH excluding ortho intramolecular Hbond substituents is 1. The summed E-state index contributed by atoms with van der Waals surface area (Å²) in [4.78, 5) is 44.9. The molecule has 1 heterocycles. The van der Waals surface area contributed by atoms with Crippen LogP contribution in [0.2, 0.25) is 0 Å². The number of oxime groups is 1. The molecule has 6 atom stereocenters. The van der Waals surface area contributed by atoms with Gasteiger partial charge in [0.1, 0.15) is 29.9 Å². The van der Waals surface area contributed by atoms with E-state index in [9.17, 15) is 35.5 Å². The highest BCUT2D eigenvalue weighted by molar-refractivity contribution is 6.03. The molecule has 1 fully saturated rings. The van der Waals surface area contributed by atoms with Crippen LogP contribution in [-0.4, -0.2) is 73.5 Å². The molecule has 8 rings (SSSR count). The molecule has 0 bridgehead atoms. The number of amides is 1. The monoisotopic (exact) mass is 926 g/mol. The second-order valence-corrected chi connectivity index (χ2v) is 17.4. The van der Waals surface area contributed by atoms with Gasteiger partial charge in [0.05, 0.1) is 34.6 Å². The van der Waals surface area contributed by atoms with Crippen LogP contribution in [0.25, 0.3) is 10.8 Å². The Labute approximate surface area is 393 Å². The van der Waals surface area contributed by atoms with Gasteiger partial charge in [0.2, 0.25) is 5.79 Å². The predicted octanol–water partition coefficient (Wildman–Crippen LogP) is 9.90. The van der Waals surface area contributed by atoms with E-state index in [-0.39, 0.29) is 74.1 Å². The molecule has 2 aliphatic carbocycles. The molecule has 0 aromatic heterocycles. The van der Waals surface area contributed by atoms with Gasteiger partial charge in [-0.15, -0.1) is 6.58 Å². The molecule has 0 unspecified atom stereocenters. The number of rotatable bonds is 20. The zero-order chi connectivity index (χ0) is 47.8. The summed E-state index contributed by atoms with van der Waals surface area (Å²) in [6.07, 6.45) is 6.97. The Balaban J connectivity index is 1.34. The summed E-state index contributed by atoms with van der Waals surface area (Å²) in [6, 6.07) is 28.8. The van der Waals surface area contributed by atoms with Gasteiger partial charge in [-0.2, -0.15) is 0 Å². The number of nitrogens with zero attached hydrogens (tertiary/aromatic N) is 4. The molecular formula is C52H54N4O12. The van der Waals surface area contributed by atoms with Crippen LogP contribution in [-0.2, 0) is 22.7 Å². The molecule has 0 saturated heterocycles. The number of carbonyl (C=O) groups is 1. The van der Waals surface area contributed by atoms with Crippen LogP contribution in [0.1, 0.15) is 67.6 Å². The Bertz CT molecular complexity index is 2680. The van der Waals surface area contributed by atoms with Gasteiger partial charge >= 0.3 is 6.09 Å². The number of phenols is 1. The highest BCUT2D eigenvalue weighted by atomic mass is 16.7. The van der Waals surface area contributed by atoms with Gasteiger partial charge in [0.25, 0.3) is 11.4 Å². The zero-order valence-electron chi connectivity index (χ0n) is 37.4. The van der Waals surface area contributed by atoms with Crippen LogP contribution in [0.3, 0.4) is 0 Å². The summed E-state index contributed by atoms with van der Waals surface area (Å²) < 4.78 is 20.5. The minimum atomic E-state index is -1.67. The first-order valence-electron chi connectivity index (χ1n) is 22.9. The van der Waals surface area contributed by atoms with E-state index in [4.69, 9.17) is 24.2 Å². The number of nitro groups is 2. The van der Waals surface area contributed by atoms with Crippen molar-refractivity contribution in [1.29, 1.82) is 0 Å². The van der Waals surface area contributed by atoms with E-state index >= 15 is 4.79 Å². The molecule has 1 aliphatic heterocycles. The first-order valence-corrected chi connectivity index (χ1v) is 22.9. The Morgan fingerprint density at radius 1 is 0.882 bits per heavy atom. The number of unbranched alkanes of at least 4 members (excludes halogenated alkanes) is 2. The molecule has 354 valence electrons. The summed E-state index contributed by atoms with van der Waals surface area (Å²) in [6.45, 7) is 3.99. The van der Waals surface area contributed by atoms with Crippen LogP contribution in [0.4, 0.5) is 16.2 Å². The number of aliphatic hydroxyl groups excluding tert-OH is 2. The van der Waals surface area contributed by atoms with E-state index < -0.39 is 39.6 Å². The Hall–Kier alpha value is -7.14. The van der Waals surface area contributed by atoms with Gasteiger partial charge in [-0.25, -0.2) is 4.79 Å². The van der Waals surface area contributed by atoms with Crippen molar-refractivity contribution < 1.29 is 49.0 Å². The molecule has 1 amide bonds. The lowest BCUT2D eigenvalue weighted by molar-refractivity contribution is -0.385. The number of benzene rings is 5. The SMILES string of the molecule is C=CCO[C@@]12Oc3ccc(O)cc3[C@H]3[C@H](CCCCO)[C@@H](CCCCO)C=C(C(=NOCc4ccc([N+](=O)[O-])cc4)C[C@@H]1N(Cc1cccc4ccccc14)C(=O)Oc1ccc([N+](=O)[O-])cc1)[C@H]32. The first kappa shape index (κ1) is 47.4. The maximum Gasteiger partial charge on any atom is 0.416 e. The fraction of sp³-hybridized carbons (Fsp3) is 0.346. The third-order valence-electron chi connectivity index (χ3n) is 13.3. The average molecular weight is 927 g/mol. The smallest absolute Gasteiger partial charge is 0.416 e. The lowest BCUT2D eigenvalue weighted by atomic mass is 9.55. The summed E-state index contributed by atoms with van der Waals surface area (Å²) in [5.74, 6) is -2.42. The summed E-state index contributed by atoms with van der Waals surface area (Å²) in [7, 11) is 0. The molecule has 0 radical (unpaired) electrons. The molecule has 16 heteroatoms. The number of ether oxygens (including phenoxy) is 3. The largest absolute Gasteiger partial charge is 0.508 e. The average Bonchev–Trinajstić information content (AvgIpc) is 3.34. The van der Waals surface area contributed by atoms with Crippen molar-refractivity contribution in [2.45, 2.75) is 75.8 Å². The molecular weight excluding hydrogens is 873 g/mol. The van der Waals surface area contributed by atoms with E-state index in [0.29, 0.717) is 49.1 Å². The fourth-order valence-corrected chi connectivity index (χ4v) is 10.3. The van der Waals surface area contributed by atoms with E-state index in [2.05, 4.69) is 12.7 Å². The molecule has 68 heavy (non-hydrogen) atoms. The summed E-state index contributed by atoms with van der Waals surface area (Å²) >= 11 is 0. The second-order valence-electron chi connectivity index (χ2n) is 17.4. The number of nitro benzene ring substituents is 2. The van der Waals surface area contributed by atoms with E-state index in [1.54, 1.807) is 41.3 Å². The van der Waals surface area contributed by atoms with E-state index in [0.717, 1.165) is 33.9 Å². The normalized spacial score (nSPS) is 22.0. The van der Waals surface area contributed by atoms with Crippen molar-refractivity contribution >= 4 is 34.0 Å². The number of carbonyl (C=O) groups excluding carboxylic acids is 1. The number of allylic oxidation sites excluding steroid dienone is 1. The van der Waals surface area contributed by atoms with Gasteiger partial charge in [-0.1, -0.05) is 72.6 Å². The molecule has 5 aromatic carbocycles. The lowest BCUT2D eigenvalue weighted by Gasteiger charge is -2.59. The van der Waals surface area contributed by atoms with Gasteiger partial charge < -0.3 is 34.4 Å². The van der Waals surface area contributed by atoms with Crippen molar-refractivity contribution in [2.24, 2.45) is 22.9 Å². The first-order chi connectivity index (χ1) is 33.0. The molecule has 3 N–H and O–H groups in total. The van der Waals surface area contributed by atoms with Crippen LogP contribution in [0.5, 0.6) is 17.2 Å². The predicted molar refractivity (Wildman–Crippen MR) is 253 cm³/mol. The fourth-order valence-electron chi connectivity index (χ4n) is 10.3. The topological polar surface area (TPSA) is 217 Å². The molecule has 1 saturated carbocycles. The zero-order valence-corrected chi connectivity index (χ0v) is 37.4. The minimum absolute atomic E-state index is 0.00183. The summed E-state index contributed by atoms with van der Waals surface area (Å²) in [5.41, 5.74) is 3.15. The number of hydrogen-bond donors (Lipinski definition) is 3. The molecule has 16 nitrogen and oxygen atoms in total. The van der Waals surface area contributed by atoms with Gasteiger partial charge in [0, 0.05) is 55.4 Å². The number of fused-ring (bicyclic) bond motifs is 3. The van der Waals surface area contributed by atoms with Crippen LogP contribution < -0.4 is 9.47 Å². The highest BCUT2D eigenvalue weighted by Gasteiger charge is 2.65. The quantitative estimate of drug-likeness (QED) is 0.0288. The maximum absolute atomic E-state index is 15.2. The second kappa shape index (κ2) is 21.2. The standard InChI is InChI=1S/C52H54N4O12/c1-2-28-65-52-48(54(32-37-13-9-12-35-10-3-4-14-42(35)37)51(60)67-41-23-20-39(21-24-41)56(63)64)31-46(53-66-33-34-16-18-38(19-17-34)55(61)62)44-29-36(11-5-7-26-57)43(15-6-8-27-58)49(50(44)52)45-30-40(59)22-25-47(45)68-52/h2-4,9-10,12-14,16-25,29-30,36,43,48-50,57-59H,1,5-8,11,15,26-28,31-33H2/t36-,43+,48-,49+,50+,52+/m0/s1. The van der Waals surface area contributed by atoms with Crippen molar-refractivity contribution in [3.63, 3.8) is 0 Å². The third-order valence-corrected chi connectivity index (χ3v) is 13.3. The highest BCUT2D eigenvalue weighted by Crippen LogP contribution is 2.62. The van der Waals surface area contributed by atoms with Crippen molar-refractivity contribution in [2.75, 3.05) is 19.8 Å². The summed E-state index contributed by atoms with van der Waals surface area (Å²) in [5, 5.41) is 60.7. The number of non-ortho nitro benzene ring substituents is 2. The van der Waals surface area contributed by atoms with Gasteiger partial charge in [-0.05, 0) is 107 Å². The van der Waals surface area contributed by atoms with E-state index in [1.165, 1.54) is 36.4 Å². The number of aromatic hydroxyl groups is 1.